The maximum Gasteiger partial charge on any atom is 0.343 e. The minimum Gasteiger partial charge on any atom is -0.462 e. The van der Waals surface area contributed by atoms with Gasteiger partial charge in [-0.1, -0.05) is 60.9 Å². The summed E-state index contributed by atoms with van der Waals surface area (Å²) in [6, 6.07) is 24.6. The molecule has 0 aliphatic heterocycles. The number of nitrogens with zero attached hydrogens (tertiary/aromatic N) is 2. The van der Waals surface area contributed by atoms with Crippen molar-refractivity contribution in [2.24, 2.45) is 5.10 Å². The van der Waals surface area contributed by atoms with Crippen LogP contribution in [0.5, 0.6) is 11.5 Å². The molecule has 0 bridgehead atoms. The number of ether oxygens (including phenoxy) is 6. The summed E-state index contributed by atoms with van der Waals surface area (Å²) in [5.41, 5.74) is 5.64. The highest BCUT2D eigenvalue weighted by Crippen LogP contribution is 2.27. The number of nitrogens with one attached hydrogen (secondary N) is 1. The number of fused-ring (bicyclic) bond motifs is 1. The number of para-hydroxylation sites is 1. The van der Waals surface area contributed by atoms with E-state index < -0.39 is 35.8 Å². The smallest absolute Gasteiger partial charge is 0.343 e. The maximum atomic E-state index is 13.3. The second-order valence-electron chi connectivity index (χ2n) is 12.5. The first kappa shape index (κ1) is 45.1. The van der Waals surface area contributed by atoms with Gasteiger partial charge in [0.05, 0.1) is 54.0 Å². The van der Waals surface area contributed by atoms with Crippen LogP contribution in [0.15, 0.2) is 134 Å². The topological polar surface area (TPSA) is 195 Å². The van der Waals surface area contributed by atoms with Gasteiger partial charge in [0.25, 0.3) is 0 Å². The molecule has 1 N–H and O–H groups in total. The molecule has 0 atom stereocenters. The van der Waals surface area contributed by atoms with Crippen molar-refractivity contribution in [3.05, 3.63) is 156 Å². The zero-order valence-electron chi connectivity index (χ0n) is 33.1. The fourth-order valence-electron chi connectivity index (χ4n) is 5.00. The molecule has 0 amide bonds. The van der Waals surface area contributed by atoms with Gasteiger partial charge in [-0.05, 0) is 77.9 Å². The van der Waals surface area contributed by atoms with Crippen LogP contribution in [-0.2, 0) is 38.1 Å². The normalized spacial score (nSPS) is 11.0. The number of carbonyl (C=O) groups is 6. The first-order valence-corrected chi connectivity index (χ1v) is 19.6. The summed E-state index contributed by atoms with van der Waals surface area (Å²) in [6.45, 7) is 6.92. The van der Waals surface area contributed by atoms with Gasteiger partial charge in [0.1, 0.15) is 11.5 Å². The Labute approximate surface area is 359 Å². The van der Waals surface area contributed by atoms with Crippen molar-refractivity contribution in [1.82, 2.24) is 4.98 Å². The molecule has 1 aromatic heterocycles. The Bertz CT molecular complexity index is 2470. The van der Waals surface area contributed by atoms with E-state index >= 15 is 0 Å². The van der Waals surface area contributed by atoms with E-state index in [0.717, 1.165) is 22.4 Å². The van der Waals surface area contributed by atoms with E-state index in [0.29, 0.717) is 34.7 Å². The van der Waals surface area contributed by atoms with Crippen molar-refractivity contribution in [3.63, 3.8) is 0 Å². The molecule has 316 valence electrons. The quantitative estimate of drug-likeness (QED) is 0.0145. The molecule has 1 heterocycles. The zero-order chi connectivity index (χ0) is 44.1. The molecule has 0 fully saturated rings. The Morgan fingerprint density at radius 3 is 1.68 bits per heavy atom. The molecule has 0 aliphatic carbocycles. The summed E-state index contributed by atoms with van der Waals surface area (Å²) in [7, 11) is 0. The lowest BCUT2D eigenvalue weighted by molar-refractivity contribution is -0.141. The van der Waals surface area contributed by atoms with Gasteiger partial charge in [-0.15, -0.1) is 0 Å². The molecule has 16 heteroatoms. The number of hydrogen-bond donors (Lipinski definition) is 1. The van der Waals surface area contributed by atoms with E-state index in [1.165, 1.54) is 84.3 Å². The first-order chi connectivity index (χ1) is 30.1. The van der Waals surface area contributed by atoms with E-state index in [4.69, 9.17) is 28.4 Å². The van der Waals surface area contributed by atoms with Crippen molar-refractivity contribution in [3.8, 4) is 11.5 Å². The standard InChI is InChI=1S/C46H39N3O12S/c1-3-40(50)56-25-7-27-58-42(52)23-15-31-11-17-33(18-12-31)44(54)60-36-21-22-38(35(29-36)30-47-49-46-48-37-9-5-6-10-39(37)62-46)61-45(55)34-19-13-32(14-20-34)16-24-43(53)59-28-8-26-57-41(51)4-2/h3-6,9-24,29-30H,1-2,7-8,25-28H2,(H,48,49)/b23-15+,24-16+,47-30+. The third kappa shape index (κ3) is 14.7. The Morgan fingerprint density at radius 2 is 1.15 bits per heavy atom. The second-order valence-corrected chi connectivity index (χ2v) is 13.6. The highest BCUT2D eigenvalue weighted by molar-refractivity contribution is 7.22. The molecule has 62 heavy (non-hydrogen) atoms. The molecule has 0 saturated heterocycles. The Morgan fingerprint density at radius 1 is 0.629 bits per heavy atom. The van der Waals surface area contributed by atoms with Gasteiger partial charge < -0.3 is 28.4 Å². The van der Waals surface area contributed by atoms with E-state index in [2.05, 4.69) is 28.7 Å². The van der Waals surface area contributed by atoms with Crippen molar-refractivity contribution in [2.75, 3.05) is 31.9 Å². The molecule has 15 nitrogen and oxygen atoms in total. The highest BCUT2D eigenvalue weighted by atomic mass is 32.1. The van der Waals surface area contributed by atoms with Crippen LogP contribution in [0.3, 0.4) is 0 Å². The number of hydrazone groups is 1. The van der Waals surface area contributed by atoms with Crippen LogP contribution in [-0.4, -0.2) is 73.4 Å². The second kappa shape index (κ2) is 23.6. The average molecular weight is 858 g/mol. The maximum absolute atomic E-state index is 13.3. The van der Waals surface area contributed by atoms with Crippen LogP contribution in [0.25, 0.3) is 22.4 Å². The van der Waals surface area contributed by atoms with Gasteiger partial charge in [-0.25, -0.2) is 33.8 Å². The number of carbonyl (C=O) groups excluding carboxylic acids is 6. The van der Waals surface area contributed by atoms with Gasteiger partial charge >= 0.3 is 35.8 Å². The van der Waals surface area contributed by atoms with Gasteiger partial charge in [0.15, 0.2) is 0 Å². The highest BCUT2D eigenvalue weighted by Gasteiger charge is 2.15. The Balaban J connectivity index is 1.21. The van der Waals surface area contributed by atoms with Gasteiger partial charge in [0.2, 0.25) is 5.13 Å². The molecular formula is C46H39N3O12S. The predicted octanol–water partition coefficient (Wildman–Crippen LogP) is 7.53. The van der Waals surface area contributed by atoms with Crippen molar-refractivity contribution in [2.45, 2.75) is 12.8 Å². The monoisotopic (exact) mass is 857 g/mol. The molecule has 0 aliphatic rings. The molecule has 0 spiro atoms. The largest absolute Gasteiger partial charge is 0.462 e. The third-order valence-corrected chi connectivity index (χ3v) is 9.00. The summed E-state index contributed by atoms with van der Waals surface area (Å²) in [4.78, 5) is 77.2. The summed E-state index contributed by atoms with van der Waals surface area (Å²) >= 11 is 1.40. The summed E-state index contributed by atoms with van der Waals surface area (Å²) in [6.07, 6.45) is 9.67. The number of rotatable bonds is 21. The summed E-state index contributed by atoms with van der Waals surface area (Å²) < 4.78 is 32.2. The van der Waals surface area contributed by atoms with Crippen LogP contribution in [0.1, 0.15) is 50.2 Å². The molecule has 0 saturated carbocycles. The number of esters is 6. The SMILES string of the molecule is C=CC(=O)OCCCOC(=O)/C=C/c1ccc(C(=O)Oc2ccc(OC(=O)c3ccc(/C=C/C(=O)OCCCOC(=O)C=C)cc3)c(/C=N/Nc3nc4ccccc4s3)c2)cc1. The lowest BCUT2D eigenvalue weighted by Gasteiger charge is -2.10. The van der Waals surface area contributed by atoms with Gasteiger partial charge in [-0.2, -0.15) is 5.10 Å². The van der Waals surface area contributed by atoms with E-state index in [1.54, 1.807) is 24.3 Å². The van der Waals surface area contributed by atoms with Crippen LogP contribution in [0, 0.1) is 0 Å². The predicted molar refractivity (Wildman–Crippen MR) is 232 cm³/mol. The van der Waals surface area contributed by atoms with Crippen molar-refractivity contribution >= 4 is 80.9 Å². The van der Waals surface area contributed by atoms with E-state index in [9.17, 15) is 28.8 Å². The lowest BCUT2D eigenvalue weighted by Crippen LogP contribution is -2.11. The minimum atomic E-state index is -0.690. The van der Waals surface area contributed by atoms with E-state index in [-0.39, 0.29) is 49.1 Å². The molecule has 5 aromatic rings. The van der Waals surface area contributed by atoms with E-state index in [1.807, 2.05) is 24.3 Å². The molecular weight excluding hydrogens is 819 g/mol. The summed E-state index contributed by atoms with van der Waals surface area (Å²) in [5.74, 6) is -3.41. The number of anilines is 1. The zero-order valence-corrected chi connectivity index (χ0v) is 33.9. The van der Waals surface area contributed by atoms with Gasteiger partial charge in [0, 0.05) is 42.7 Å². The molecule has 0 unspecified atom stereocenters. The fourth-order valence-corrected chi connectivity index (χ4v) is 5.81. The van der Waals surface area contributed by atoms with Gasteiger partial charge in [-0.3, -0.25) is 5.43 Å². The van der Waals surface area contributed by atoms with Crippen LogP contribution in [0.4, 0.5) is 5.13 Å². The average Bonchev–Trinajstić information content (AvgIpc) is 3.71. The third-order valence-electron chi connectivity index (χ3n) is 8.06. The minimum absolute atomic E-state index is 0.0591. The molecule has 0 radical (unpaired) electrons. The Hall–Kier alpha value is -7.98. The van der Waals surface area contributed by atoms with Crippen LogP contribution < -0.4 is 14.9 Å². The number of benzene rings is 4. The number of aromatic nitrogens is 1. The van der Waals surface area contributed by atoms with Crippen molar-refractivity contribution < 1.29 is 57.2 Å². The molecule has 5 rings (SSSR count). The first-order valence-electron chi connectivity index (χ1n) is 18.8. The lowest BCUT2D eigenvalue weighted by atomic mass is 10.1. The van der Waals surface area contributed by atoms with Crippen molar-refractivity contribution in [1.29, 1.82) is 0 Å². The molecule has 4 aromatic carbocycles. The fraction of sp³-hybridized carbons (Fsp3) is 0.130. The van der Waals surface area contributed by atoms with Crippen LogP contribution in [0.2, 0.25) is 0 Å². The number of hydrogen-bond acceptors (Lipinski definition) is 16. The number of thiazole rings is 1. The van der Waals surface area contributed by atoms with Crippen LogP contribution >= 0.6 is 11.3 Å². The Kier molecular flexibility index (Phi) is 17.1. The summed E-state index contributed by atoms with van der Waals surface area (Å²) in [5, 5.41) is 4.82.